The fraction of sp³-hybridized carbons (Fsp3) is 0.154. The fourth-order valence-corrected chi connectivity index (χ4v) is 3.77. The molecule has 4 aromatic rings. The van der Waals surface area contributed by atoms with Gasteiger partial charge in [0.1, 0.15) is 11.5 Å². The number of hydrogen-bond acceptors (Lipinski definition) is 2. The minimum Gasteiger partial charge on any atom is -0.497 e. The Bertz CT molecular complexity index is 1080. The SMILES string of the molecule is CCc1c(-c2ccc(OC)cc2)cc(-c2ccccc2)n1-c1ccc(OC)cc1. The molecule has 1 aromatic heterocycles. The van der Waals surface area contributed by atoms with Gasteiger partial charge in [0.2, 0.25) is 0 Å². The van der Waals surface area contributed by atoms with Crippen LogP contribution in [-0.2, 0) is 6.42 Å². The highest BCUT2D eigenvalue weighted by atomic mass is 16.5. The number of aromatic nitrogens is 1. The van der Waals surface area contributed by atoms with E-state index in [-0.39, 0.29) is 0 Å². The number of rotatable bonds is 6. The Kier molecular flexibility index (Phi) is 5.39. The third-order valence-electron chi connectivity index (χ3n) is 5.24. The summed E-state index contributed by atoms with van der Waals surface area (Å²) in [5.41, 5.74) is 7.20. The topological polar surface area (TPSA) is 23.4 Å². The molecule has 0 aliphatic rings. The van der Waals surface area contributed by atoms with Crippen molar-refractivity contribution in [1.29, 1.82) is 0 Å². The molecule has 0 amide bonds. The van der Waals surface area contributed by atoms with Gasteiger partial charge in [0.05, 0.1) is 19.9 Å². The smallest absolute Gasteiger partial charge is 0.119 e. The molecule has 29 heavy (non-hydrogen) atoms. The molecule has 0 radical (unpaired) electrons. The first-order chi connectivity index (χ1) is 14.2. The molecule has 146 valence electrons. The van der Waals surface area contributed by atoms with Crippen molar-refractivity contribution in [1.82, 2.24) is 4.57 Å². The van der Waals surface area contributed by atoms with Gasteiger partial charge in [0, 0.05) is 16.9 Å². The summed E-state index contributed by atoms with van der Waals surface area (Å²) in [6.07, 6.45) is 0.917. The van der Waals surface area contributed by atoms with Crippen molar-refractivity contribution in [2.24, 2.45) is 0 Å². The maximum atomic E-state index is 5.35. The van der Waals surface area contributed by atoms with Crippen LogP contribution in [0.2, 0.25) is 0 Å². The zero-order valence-electron chi connectivity index (χ0n) is 17.1. The van der Waals surface area contributed by atoms with E-state index >= 15 is 0 Å². The van der Waals surface area contributed by atoms with E-state index in [9.17, 15) is 0 Å². The molecule has 0 aliphatic heterocycles. The predicted octanol–water partition coefficient (Wildman–Crippen LogP) is 6.39. The Labute approximate surface area is 172 Å². The van der Waals surface area contributed by atoms with Crippen LogP contribution in [0.25, 0.3) is 28.1 Å². The standard InChI is InChI=1S/C26H25NO2/c1-4-25-24(19-10-14-22(28-2)15-11-19)18-26(20-8-6-5-7-9-20)27(25)21-12-16-23(29-3)17-13-21/h5-18H,4H2,1-3H3. The largest absolute Gasteiger partial charge is 0.497 e. The number of benzene rings is 3. The summed E-state index contributed by atoms with van der Waals surface area (Å²) in [6.45, 7) is 2.21. The van der Waals surface area contributed by atoms with Gasteiger partial charge in [-0.1, -0.05) is 49.4 Å². The van der Waals surface area contributed by atoms with Crippen LogP contribution in [0.4, 0.5) is 0 Å². The minimum atomic E-state index is 0.857. The molecule has 1 heterocycles. The highest BCUT2D eigenvalue weighted by Gasteiger charge is 2.18. The molecule has 0 fully saturated rings. The van der Waals surface area contributed by atoms with Crippen LogP contribution in [0.1, 0.15) is 12.6 Å². The molecule has 0 atom stereocenters. The normalized spacial score (nSPS) is 10.7. The maximum absolute atomic E-state index is 5.35. The molecule has 0 saturated carbocycles. The van der Waals surface area contributed by atoms with Crippen LogP contribution in [0, 0.1) is 0 Å². The lowest BCUT2D eigenvalue weighted by atomic mass is 10.0. The number of hydrogen-bond donors (Lipinski definition) is 0. The van der Waals surface area contributed by atoms with Gasteiger partial charge in [-0.3, -0.25) is 0 Å². The Morgan fingerprint density at radius 2 is 1.28 bits per heavy atom. The summed E-state index contributed by atoms with van der Waals surface area (Å²) in [4.78, 5) is 0. The Hall–Kier alpha value is -3.46. The van der Waals surface area contributed by atoms with E-state index < -0.39 is 0 Å². The second kappa shape index (κ2) is 8.27. The molecule has 0 spiro atoms. The van der Waals surface area contributed by atoms with Gasteiger partial charge in [-0.25, -0.2) is 0 Å². The van der Waals surface area contributed by atoms with Crippen molar-refractivity contribution < 1.29 is 9.47 Å². The lowest BCUT2D eigenvalue weighted by molar-refractivity contribution is 0.414. The van der Waals surface area contributed by atoms with E-state index in [1.165, 1.54) is 28.1 Å². The average Bonchev–Trinajstić information content (AvgIpc) is 3.19. The van der Waals surface area contributed by atoms with E-state index in [1.54, 1.807) is 14.2 Å². The van der Waals surface area contributed by atoms with Crippen LogP contribution in [0.3, 0.4) is 0 Å². The van der Waals surface area contributed by atoms with E-state index in [0.717, 1.165) is 23.6 Å². The lowest BCUT2D eigenvalue weighted by Gasteiger charge is -2.15. The van der Waals surface area contributed by atoms with Gasteiger partial charge in [0.25, 0.3) is 0 Å². The molecule has 3 aromatic carbocycles. The molecule has 0 saturated heterocycles. The summed E-state index contributed by atoms with van der Waals surface area (Å²) >= 11 is 0. The quantitative estimate of drug-likeness (QED) is 0.385. The molecule has 3 heteroatoms. The van der Waals surface area contributed by atoms with Crippen molar-refractivity contribution in [3.63, 3.8) is 0 Å². The van der Waals surface area contributed by atoms with Crippen LogP contribution >= 0.6 is 0 Å². The summed E-state index contributed by atoms with van der Waals surface area (Å²) < 4.78 is 13.0. The zero-order chi connectivity index (χ0) is 20.2. The molecule has 4 rings (SSSR count). The number of ether oxygens (including phenoxy) is 2. The highest BCUT2D eigenvalue weighted by molar-refractivity contribution is 5.77. The average molecular weight is 383 g/mol. The van der Waals surface area contributed by atoms with Crippen molar-refractivity contribution in [2.45, 2.75) is 13.3 Å². The Morgan fingerprint density at radius 1 is 0.690 bits per heavy atom. The van der Waals surface area contributed by atoms with E-state index in [0.29, 0.717) is 0 Å². The molecular formula is C26H25NO2. The van der Waals surface area contributed by atoms with Gasteiger partial charge in [-0.05, 0) is 60.0 Å². The first-order valence-corrected chi connectivity index (χ1v) is 9.84. The predicted molar refractivity (Wildman–Crippen MR) is 119 cm³/mol. The minimum absolute atomic E-state index is 0.857. The third-order valence-corrected chi connectivity index (χ3v) is 5.24. The van der Waals surface area contributed by atoms with Crippen molar-refractivity contribution in [3.05, 3.63) is 90.6 Å². The summed E-state index contributed by atoms with van der Waals surface area (Å²) in [6, 6.07) is 29.4. The van der Waals surface area contributed by atoms with Crippen LogP contribution in [0.5, 0.6) is 11.5 Å². The fourth-order valence-electron chi connectivity index (χ4n) is 3.77. The first kappa shape index (κ1) is 18.9. The van der Waals surface area contributed by atoms with E-state index in [1.807, 2.05) is 24.3 Å². The van der Waals surface area contributed by atoms with Gasteiger partial charge >= 0.3 is 0 Å². The lowest BCUT2D eigenvalue weighted by Crippen LogP contribution is -2.02. The van der Waals surface area contributed by atoms with Crippen LogP contribution < -0.4 is 9.47 Å². The van der Waals surface area contributed by atoms with Gasteiger partial charge in [-0.15, -0.1) is 0 Å². The van der Waals surface area contributed by atoms with Gasteiger partial charge < -0.3 is 14.0 Å². The van der Waals surface area contributed by atoms with Gasteiger partial charge in [0.15, 0.2) is 0 Å². The molecule has 3 nitrogen and oxygen atoms in total. The molecule has 0 aliphatic carbocycles. The highest BCUT2D eigenvalue weighted by Crippen LogP contribution is 2.36. The monoisotopic (exact) mass is 383 g/mol. The Balaban J connectivity index is 1.94. The summed E-state index contributed by atoms with van der Waals surface area (Å²) in [7, 11) is 3.39. The summed E-state index contributed by atoms with van der Waals surface area (Å²) in [5, 5.41) is 0. The summed E-state index contributed by atoms with van der Waals surface area (Å²) in [5.74, 6) is 1.72. The van der Waals surface area contributed by atoms with Crippen LogP contribution in [0.15, 0.2) is 84.9 Å². The molecule has 0 unspecified atom stereocenters. The van der Waals surface area contributed by atoms with E-state index in [4.69, 9.17) is 9.47 Å². The van der Waals surface area contributed by atoms with Crippen molar-refractivity contribution in [2.75, 3.05) is 14.2 Å². The van der Waals surface area contributed by atoms with Crippen molar-refractivity contribution >= 4 is 0 Å². The number of methoxy groups -OCH3 is 2. The van der Waals surface area contributed by atoms with Gasteiger partial charge in [-0.2, -0.15) is 0 Å². The van der Waals surface area contributed by atoms with Crippen LogP contribution in [-0.4, -0.2) is 18.8 Å². The Morgan fingerprint density at radius 3 is 1.83 bits per heavy atom. The molecule has 0 bridgehead atoms. The molecular weight excluding hydrogens is 358 g/mol. The first-order valence-electron chi connectivity index (χ1n) is 9.84. The second-order valence-electron chi connectivity index (χ2n) is 6.87. The van der Waals surface area contributed by atoms with Crippen molar-refractivity contribution in [3.8, 4) is 39.6 Å². The zero-order valence-corrected chi connectivity index (χ0v) is 17.1. The molecule has 0 N–H and O–H groups in total. The number of nitrogens with zero attached hydrogens (tertiary/aromatic N) is 1. The second-order valence-corrected chi connectivity index (χ2v) is 6.87. The maximum Gasteiger partial charge on any atom is 0.119 e. The van der Waals surface area contributed by atoms with E-state index in [2.05, 4.69) is 72.2 Å². The third kappa shape index (κ3) is 3.64.